The Morgan fingerprint density at radius 1 is 1.33 bits per heavy atom. The van der Waals surface area contributed by atoms with Crippen molar-refractivity contribution in [1.82, 2.24) is 10.2 Å². The van der Waals surface area contributed by atoms with Crippen LogP contribution >= 0.6 is 12.4 Å². The first-order valence-electron chi connectivity index (χ1n) is 8.85. The molecule has 24 heavy (non-hydrogen) atoms. The van der Waals surface area contributed by atoms with Crippen LogP contribution in [0.25, 0.3) is 0 Å². The molecule has 0 bridgehead atoms. The summed E-state index contributed by atoms with van der Waals surface area (Å²) in [6.07, 6.45) is 3.83. The first-order valence-corrected chi connectivity index (χ1v) is 8.85. The van der Waals surface area contributed by atoms with E-state index in [9.17, 15) is 4.79 Å². The fourth-order valence-corrected chi connectivity index (χ4v) is 3.79. The highest BCUT2D eigenvalue weighted by Crippen LogP contribution is 2.37. The smallest absolute Gasteiger partial charge is 0.263 e. The van der Waals surface area contributed by atoms with Gasteiger partial charge in [0, 0.05) is 19.6 Å². The van der Waals surface area contributed by atoms with Crippen molar-refractivity contribution in [3.05, 3.63) is 29.8 Å². The molecular formula is C19H29ClN2O2. The van der Waals surface area contributed by atoms with E-state index in [4.69, 9.17) is 4.74 Å². The zero-order valence-electron chi connectivity index (χ0n) is 14.7. The number of halogens is 1. The van der Waals surface area contributed by atoms with Gasteiger partial charge in [-0.05, 0) is 62.3 Å². The van der Waals surface area contributed by atoms with Gasteiger partial charge in [0.25, 0.3) is 5.91 Å². The van der Waals surface area contributed by atoms with Crippen molar-refractivity contribution in [2.75, 3.05) is 26.2 Å². The highest BCUT2D eigenvalue weighted by atomic mass is 35.5. The summed E-state index contributed by atoms with van der Waals surface area (Å²) in [4.78, 5) is 14.8. The molecule has 1 aromatic carbocycles. The van der Waals surface area contributed by atoms with Gasteiger partial charge in [-0.2, -0.15) is 0 Å². The molecule has 0 aromatic heterocycles. The number of carbonyl (C=O) groups is 1. The molecule has 2 heterocycles. The molecule has 2 aliphatic heterocycles. The van der Waals surface area contributed by atoms with Gasteiger partial charge in [0.2, 0.25) is 0 Å². The Bertz CT molecular complexity index is 548. The van der Waals surface area contributed by atoms with E-state index in [1.54, 1.807) is 0 Å². The van der Waals surface area contributed by atoms with Gasteiger partial charge < -0.3 is 15.0 Å². The number of nitrogens with one attached hydrogen (secondary N) is 1. The molecule has 1 aromatic rings. The number of hydrogen-bond donors (Lipinski definition) is 1. The van der Waals surface area contributed by atoms with Crippen LogP contribution < -0.4 is 10.1 Å². The van der Waals surface area contributed by atoms with Crippen molar-refractivity contribution >= 4 is 18.3 Å². The van der Waals surface area contributed by atoms with E-state index in [0.29, 0.717) is 11.8 Å². The summed E-state index contributed by atoms with van der Waals surface area (Å²) >= 11 is 0. The number of rotatable bonds is 4. The summed E-state index contributed by atoms with van der Waals surface area (Å²) in [6, 6.07) is 7.93. The minimum absolute atomic E-state index is 0. The third-order valence-corrected chi connectivity index (χ3v) is 5.38. The minimum atomic E-state index is -0.368. The Kier molecular flexibility index (Phi) is 6.53. The molecule has 1 amide bonds. The lowest BCUT2D eigenvalue weighted by atomic mass is 9.78. The maximum absolute atomic E-state index is 12.8. The van der Waals surface area contributed by atoms with Crippen LogP contribution in [0.1, 0.15) is 38.2 Å². The monoisotopic (exact) mass is 352 g/mol. The second-order valence-electron chi connectivity index (χ2n) is 7.08. The van der Waals surface area contributed by atoms with Crippen molar-refractivity contribution < 1.29 is 9.53 Å². The first-order chi connectivity index (χ1) is 11.1. The lowest BCUT2D eigenvalue weighted by molar-refractivity contribution is -0.141. The molecule has 2 aliphatic rings. The van der Waals surface area contributed by atoms with Crippen LogP contribution in [0.2, 0.25) is 0 Å². The first kappa shape index (κ1) is 19.1. The van der Waals surface area contributed by atoms with Gasteiger partial charge in [-0.3, -0.25) is 4.79 Å². The van der Waals surface area contributed by atoms with Crippen molar-refractivity contribution in [2.45, 2.75) is 45.6 Å². The Morgan fingerprint density at radius 2 is 2.08 bits per heavy atom. The largest absolute Gasteiger partial charge is 0.481 e. The van der Waals surface area contributed by atoms with E-state index < -0.39 is 0 Å². The number of amides is 1. The fourth-order valence-electron chi connectivity index (χ4n) is 3.79. The molecule has 0 radical (unpaired) electrons. The number of aryl methyl sites for hydroxylation is 1. The molecular weight excluding hydrogens is 324 g/mol. The predicted octanol–water partition coefficient (Wildman–Crippen LogP) is 3.18. The molecule has 1 atom stereocenters. The second-order valence-corrected chi connectivity index (χ2v) is 7.08. The summed E-state index contributed by atoms with van der Waals surface area (Å²) in [7, 11) is 0. The normalized spacial score (nSPS) is 20.5. The zero-order chi connectivity index (χ0) is 16.3. The number of likely N-dealkylation sites (tertiary alicyclic amines) is 1. The molecule has 1 unspecified atom stereocenters. The summed E-state index contributed by atoms with van der Waals surface area (Å²) < 4.78 is 5.97. The number of benzene rings is 1. The topological polar surface area (TPSA) is 41.6 Å². The summed E-state index contributed by atoms with van der Waals surface area (Å²) in [6.45, 7) is 8.04. The van der Waals surface area contributed by atoms with Crippen LogP contribution in [-0.2, 0) is 4.79 Å². The molecule has 134 valence electrons. The van der Waals surface area contributed by atoms with Gasteiger partial charge >= 0.3 is 0 Å². The van der Waals surface area contributed by atoms with Crippen LogP contribution in [0.15, 0.2) is 24.3 Å². The Balaban J connectivity index is 0.00000208. The highest BCUT2D eigenvalue weighted by Gasteiger charge is 2.39. The highest BCUT2D eigenvalue weighted by molar-refractivity contribution is 5.85. The van der Waals surface area contributed by atoms with Gasteiger partial charge in [0.15, 0.2) is 6.10 Å². The van der Waals surface area contributed by atoms with Crippen molar-refractivity contribution in [3.63, 3.8) is 0 Å². The summed E-state index contributed by atoms with van der Waals surface area (Å²) in [5, 5.41) is 3.47. The number of hydrogen-bond acceptors (Lipinski definition) is 3. The molecule has 2 saturated heterocycles. The number of ether oxygens (including phenoxy) is 1. The molecule has 3 rings (SSSR count). The average molecular weight is 353 g/mol. The van der Waals surface area contributed by atoms with Crippen molar-refractivity contribution in [2.24, 2.45) is 5.41 Å². The van der Waals surface area contributed by atoms with Crippen LogP contribution in [0, 0.1) is 12.3 Å². The maximum Gasteiger partial charge on any atom is 0.263 e. The molecule has 4 nitrogen and oxygen atoms in total. The van der Waals surface area contributed by atoms with Gasteiger partial charge in [-0.15, -0.1) is 12.4 Å². The van der Waals surface area contributed by atoms with Gasteiger partial charge in [0.1, 0.15) is 5.75 Å². The van der Waals surface area contributed by atoms with Gasteiger partial charge in [-0.1, -0.05) is 19.1 Å². The van der Waals surface area contributed by atoms with Crippen molar-refractivity contribution in [3.8, 4) is 5.75 Å². The summed E-state index contributed by atoms with van der Waals surface area (Å²) in [5.74, 6) is 0.938. The van der Waals surface area contributed by atoms with Crippen LogP contribution in [0.3, 0.4) is 0 Å². The zero-order valence-corrected chi connectivity index (χ0v) is 15.5. The molecule has 2 fully saturated rings. The Labute approximate surface area is 151 Å². The van der Waals surface area contributed by atoms with E-state index in [2.05, 4.69) is 5.32 Å². The molecule has 0 aliphatic carbocycles. The maximum atomic E-state index is 12.8. The van der Waals surface area contributed by atoms with E-state index in [0.717, 1.165) is 50.3 Å². The van der Waals surface area contributed by atoms with E-state index >= 15 is 0 Å². The minimum Gasteiger partial charge on any atom is -0.481 e. The Hall–Kier alpha value is -1.26. The standard InChI is InChI=1S/C19H28N2O2.ClH/c1-3-17(23-16-6-4-5-15(2)13-16)18(22)21-11-8-19(9-12-21)7-10-20-14-19;/h4-6,13,17,20H,3,7-12,14H2,1-2H3;1H. The Morgan fingerprint density at radius 3 is 2.67 bits per heavy atom. The third-order valence-electron chi connectivity index (χ3n) is 5.38. The van der Waals surface area contributed by atoms with E-state index in [1.807, 2.05) is 43.0 Å². The molecule has 1 N–H and O–H groups in total. The van der Waals surface area contributed by atoms with Crippen LogP contribution in [0.4, 0.5) is 0 Å². The summed E-state index contributed by atoms with van der Waals surface area (Å²) in [5.41, 5.74) is 1.59. The van der Waals surface area contributed by atoms with Crippen molar-refractivity contribution in [1.29, 1.82) is 0 Å². The average Bonchev–Trinajstić information content (AvgIpc) is 3.01. The second kappa shape index (κ2) is 8.21. The third kappa shape index (κ3) is 4.22. The number of nitrogens with zero attached hydrogens (tertiary/aromatic N) is 1. The lowest BCUT2D eigenvalue weighted by Gasteiger charge is -2.39. The number of piperidine rings is 1. The molecule has 0 saturated carbocycles. The molecule has 5 heteroatoms. The fraction of sp³-hybridized carbons (Fsp3) is 0.632. The van der Waals surface area contributed by atoms with Crippen LogP contribution in [-0.4, -0.2) is 43.1 Å². The van der Waals surface area contributed by atoms with Gasteiger partial charge in [0.05, 0.1) is 0 Å². The SMILES string of the molecule is CCC(Oc1cccc(C)c1)C(=O)N1CCC2(CCNC2)CC1.Cl. The number of carbonyl (C=O) groups excluding carboxylic acids is 1. The van der Waals surface area contributed by atoms with Crippen LogP contribution in [0.5, 0.6) is 5.75 Å². The lowest BCUT2D eigenvalue weighted by Crippen LogP contribution is -2.48. The molecule has 1 spiro atoms. The quantitative estimate of drug-likeness (QED) is 0.904. The van der Waals surface area contributed by atoms with Gasteiger partial charge in [-0.25, -0.2) is 0 Å². The van der Waals surface area contributed by atoms with E-state index in [-0.39, 0.29) is 24.4 Å². The van der Waals surface area contributed by atoms with E-state index in [1.165, 1.54) is 6.42 Å². The predicted molar refractivity (Wildman–Crippen MR) is 98.9 cm³/mol.